The summed E-state index contributed by atoms with van der Waals surface area (Å²) in [6.45, 7) is 0. The summed E-state index contributed by atoms with van der Waals surface area (Å²) >= 11 is 0. The fourth-order valence-corrected chi connectivity index (χ4v) is 3.71. The molecule has 0 aliphatic carbocycles. The van der Waals surface area contributed by atoms with E-state index in [4.69, 9.17) is 9.47 Å². The van der Waals surface area contributed by atoms with Gasteiger partial charge in [0.05, 0.1) is 12.8 Å². The van der Waals surface area contributed by atoms with Gasteiger partial charge >= 0.3 is 0 Å². The first-order valence-corrected chi connectivity index (χ1v) is 9.59. The lowest BCUT2D eigenvalue weighted by atomic mass is 10.3. The Balaban J connectivity index is 2.14. The minimum atomic E-state index is -5.10. The summed E-state index contributed by atoms with van der Waals surface area (Å²) in [6, 6.07) is 9.73. The third-order valence-electron chi connectivity index (χ3n) is 3.82. The number of rotatable bonds is 6. The molecule has 158 valence electrons. The van der Waals surface area contributed by atoms with Crippen LogP contribution in [0, 0.1) is 29.1 Å². The van der Waals surface area contributed by atoms with Crippen LogP contribution in [-0.2, 0) is 10.0 Å². The third-order valence-corrected chi connectivity index (χ3v) is 5.23. The molecule has 0 heterocycles. The Hall–Kier alpha value is -3.34. The van der Waals surface area contributed by atoms with Gasteiger partial charge in [0.1, 0.15) is 5.75 Å². The molecule has 3 rings (SSSR count). The molecule has 0 fully saturated rings. The van der Waals surface area contributed by atoms with E-state index in [0.29, 0.717) is 6.07 Å². The standard InChI is InChI=1S/C19H12F5NO4S/c1-28-13-8-7-10(9-12(13)20)25-30(26,27)19-17(24)15(22)14(21)16(23)18(19)29-11-5-3-2-4-6-11/h2-9,25H,1H3. The summed E-state index contributed by atoms with van der Waals surface area (Å²) in [6.07, 6.45) is 0. The highest BCUT2D eigenvalue weighted by Crippen LogP contribution is 2.38. The molecule has 0 aliphatic rings. The largest absolute Gasteiger partial charge is 0.494 e. The van der Waals surface area contributed by atoms with Gasteiger partial charge in [0, 0.05) is 6.07 Å². The zero-order chi connectivity index (χ0) is 22.1. The molecule has 1 N–H and O–H groups in total. The Labute approximate surface area is 167 Å². The number of para-hydroxylation sites is 1. The van der Waals surface area contributed by atoms with Crippen molar-refractivity contribution in [3.8, 4) is 17.2 Å². The molecule has 0 aromatic heterocycles. The summed E-state index contributed by atoms with van der Waals surface area (Å²) in [5, 5.41) is 0. The first kappa shape index (κ1) is 21.4. The van der Waals surface area contributed by atoms with Crippen molar-refractivity contribution in [3.63, 3.8) is 0 Å². The van der Waals surface area contributed by atoms with E-state index in [1.807, 2.05) is 0 Å². The van der Waals surface area contributed by atoms with E-state index in [0.717, 1.165) is 12.1 Å². The number of methoxy groups -OCH3 is 1. The minimum Gasteiger partial charge on any atom is -0.494 e. The van der Waals surface area contributed by atoms with Crippen LogP contribution in [0.3, 0.4) is 0 Å². The summed E-state index contributed by atoms with van der Waals surface area (Å²) < 4.78 is 107. The van der Waals surface area contributed by atoms with Gasteiger partial charge in [-0.15, -0.1) is 0 Å². The molecule has 11 heteroatoms. The van der Waals surface area contributed by atoms with Crippen molar-refractivity contribution in [2.24, 2.45) is 0 Å². The van der Waals surface area contributed by atoms with Crippen LogP contribution in [0.4, 0.5) is 27.6 Å². The van der Waals surface area contributed by atoms with Gasteiger partial charge in [-0.3, -0.25) is 4.72 Å². The summed E-state index contributed by atoms with van der Waals surface area (Å²) in [5.74, 6) is -11.6. The van der Waals surface area contributed by atoms with Crippen molar-refractivity contribution in [2.75, 3.05) is 11.8 Å². The molecule has 0 aliphatic heterocycles. The quantitative estimate of drug-likeness (QED) is 0.330. The molecule has 0 radical (unpaired) electrons. The molecule has 0 bridgehead atoms. The number of hydrogen-bond donors (Lipinski definition) is 1. The molecule has 0 amide bonds. The number of nitrogens with one attached hydrogen (secondary N) is 1. The van der Waals surface area contributed by atoms with Crippen LogP contribution in [0.15, 0.2) is 53.4 Å². The Morgan fingerprint density at radius 1 is 0.833 bits per heavy atom. The Kier molecular flexibility index (Phi) is 5.83. The molecule has 3 aromatic rings. The van der Waals surface area contributed by atoms with Gasteiger partial charge in [-0.05, 0) is 24.3 Å². The van der Waals surface area contributed by atoms with Crippen LogP contribution in [0.5, 0.6) is 17.2 Å². The maximum absolute atomic E-state index is 14.4. The molecular formula is C19H12F5NO4S. The molecule has 0 atom stereocenters. The average Bonchev–Trinajstić information content (AvgIpc) is 2.71. The van der Waals surface area contributed by atoms with E-state index in [1.54, 1.807) is 10.8 Å². The predicted molar refractivity (Wildman–Crippen MR) is 96.6 cm³/mol. The Bertz CT molecular complexity index is 1200. The van der Waals surface area contributed by atoms with Crippen LogP contribution in [0.1, 0.15) is 0 Å². The molecule has 5 nitrogen and oxygen atoms in total. The smallest absolute Gasteiger partial charge is 0.268 e. The van der Waals surface area contributed by atoms with Crippen molar-refractivity contribution in [1.82, 2.24) is 0 Å². The predicted octanol–water partition coefficient (Wildman–Crippen LogP) is 4.98. The monoisotopic (exact) mass is 445 g/mol. The molecule has 0 unspecified atom stereocenters. The van der Waals surface area contributed by atoms with Gasteiger partial charge in [0.2, 0.25) is 11.6 Å². The van der Waals surface area contributed by atoms with Gasteiger partial charge in [0.15, 0.2) is 33.8 Å². The van der Waals surface area contributed by atoms with Gasteiger partial charge < -0.3 is 9.47 Å². The molecule has 0 spiro atoms. The molecule has 0 saturated carbocycles. The summed E-state index contributed by atoms with van der Waals surface area (Å²) in [4.78, 5) is -1.63. The third kappa shape index (κ3) is 4.01. The van der Waals surface area contributed by atoms with Crippen LogP contribution in [0.25, 0.3) is 0 Å². The van der Waals surface area contributed by atoms with Crippen LogP contribution < -0.4 is 14.2 Å². The zero-order valence-corrected chi connectivity index (χ0v) is 15.9. The first-order chi connectivity index (χ1) is 14.2. The van der Waals surface area contributed by atoms with E-state index in [2.05, 4.69) is 0 Å². The van der Waals surface area contributed by atoms with Crippen molar-refractivity contribution >= 4 is 15.7 Å². The van der Waals surface area contributed by atoms with Crippen molar-refractivity contribution in [3.05, 3.63) is 77.6 Å². The average molecular weight is 445 g/mol. The number of anilines is 1. The van der Waals surface area contributed by atoms with Gasteiger partial charge in [-0.1, -0.05) is 18.2 Å². The number of hydrogen-bond acceptors (Lipinski definition) is 4. The second-order valence-electron chi connectivity index (χ2n) is 5.78. The van der Waals surface area contributed by atoms with Gasteiger partial charge in [0.25, 0.3) is 10.0 Å². The topological polar surface area (TPSA) is 64.6 Å². The fraction of sp³-hybridized carbons (Fsp3) is 0.0526. The Morgan fingerprint density at radius 3 is 2.07 bits per heavy atom. The van der Waals surface area contributed by atoms with Crippen molar-refractivity contribution < 1.29 is 39.8 Å². The maximum atomic E-state index is 14.4. The lowest BCUT2D eigenvalue weighted by Crippen LogP contribution is -2.18. The second kappa shape index (κ2) is 8.19. The van der Waals surface area contributed by atoms with Gasteiger partial charge in [-0.2, -0.15) is 4.39 Å². The molecule has 3 aromatic carbocycles. The number of halogens is 5. The van der Waals surface area contributed by atoms with E-state index in [9.17, 15) is 30.4 Å². The molecule has 30 heavy (non-hydrogen) atoms. The summed E-state index contributed by atoms with van der Waals surface area (Å²) in [7, 11) is -3.92. The van der Waals surface area contributed by atoms with Crippen LogP contribution in [0.2, 0.25) is 0 Å². The normalized spacial score (nSPS) is 11.3. The fourth-order valence-electron chi connectivity index (χ4n) is 2.47. The maximum Gasteiger partial charge on any atom is 0.268 e. The lowest BCUT2D eigenvalue weighted by Gasteiger charge is -2.16. The van der Waals surface area contributed by atoms with Crippen LogP contribution >= 0.6 is 0 Å². The minimum absolute atomic E-state index is 0.172. The SMILES string of the molecule is COc1ccc(NS(=O)(=O)c2c(F)c(F)c(F)c(F)c2Oc2ccccc2)cc1F. The summed E-state index contributed by atoms with van der Waals surface area (Å²) in [5.41, 5.74) is -0.413. The highest BCUT2D eigenvalue weighted by molar-refractivity contribution is 7.92. The van der Waals surface area contributed by atoms with E-state index in [-0.39, 0.29) is 11.5 Å². The molecular weight excluding hydrogens is 433 g/mol. The first-order valence-electron chi connectivity index (χ1n) is 8.11. The highest BCUT2D eigenvalue weighted by atomic mass is 32.2. The van der Waals surface area contributed by atoms with E-state index < -0.39 is 55.4 Å². The Morgan fingerprint density at radius 2 is 1.47 bits per heavy atom. The van der Waals surface area contributed by atoms with E-state index in [1.165, 1.54) is 31.4 Å². The van der Waals surface area contributed by atoms with E-state index >= 15 is 0 Å². The zero-order valence-electron chi connectivity index (χ0n) is 15.0. The number of ether oxygens (including phenoxy) is 2. The number of sulfonamides is 1. The van der Waals surface area contributed by atoms with Crippen molar-refractivity contribution in [2.45, 2.75) is 4.90 Å². The van der Waals surface area contributed by atoms with Crippen molar-refractivity contribution in [1.29, 1.82) is 0 Å². The lowest BCUT2D eigenvalue weighted by molar-refractivity contribution is 0.352. The van der Waals surface area contributed by atoms with Crippen LogP contribution in [-0.4, -0.2) is 15.5 Å². The highest BCUT2D eigenvalue weighted by Gasteiger charge is 2.35. The molecule has 0 saturated heterocycles. The number of benzene rings is 3. The van der Waals surface area contributed by atoms with Gasteiger partial charge in [-0.25, -0.2) is 26.0 Å². The second-order valence-corrected chi connectivity index (χ2v) is 7.40.